The molecule has 1 saturated heterocycles. The van der Waals surface area contributed by atoms with Crippen molar-refractivity contribution in [2.75, 3.05) is 36.4 Å². The van der Waals surface area contributed by atoms with E-state index < -0.39 is 5.13 Å². The van der Waals surface area contributed by atoms with E-state index in [-0.39, 0.29) is 6.42 Å². The summed E-state index contributed by atoms with van der Waals surface area (Å²) in [5, 5.41) is 1.78. The van der Waals surface area contributed by atoms with Crippen LogP contribution in [0, 0.1) is 0 Å². The van der Waals surface area contributed by atoms with Gasteiger partial charge in [0.25, 0.3) is 0 Å². The molecule has 0 radical (unpaired) electrons. The van der Waals surface area contributed by atoms with Crippen molar-refractivity contribution >= 4 is 39.5 Å². The smallest absolute Gasteiger partial charge is 0.209 e. The van der Waals surface area contributed by atoms with Crippen molar-refractivity contribution in [2.45, 2.75) is 11.5 Å². The summed E-state index contributed by atoms with van der Waals surface area (Å²) in [7, 11) is 0. The Morgan fingerprint density at radius 1 is 1.45 bits per heavy atom. The van der Waals surface area contributed by atoms with Gasteiger partial charge in [0.05, 0.1) is 0 Å². The molecule has 1 N–H and O–H groups in total. The van der Waals surface area contributed by atoms with Crippen LogP contribution in [0.25, 0.3) is 0 Å². The number of aldehydes is 1. The molecule has 0 amide bonds. The number of rotatable bonds is 5. The second-order valence-electron chi connectivity index (χ2n) is 4.77. The first-order valence-electron chi connectivity index (χ1n) is 6.57. The van der Waals surface area contributed by atoms with E-state index in [1.807, 2.05) is 0 Å². The Hall–Kier alpha value is -0.650. The molecular formula is C14H17BrClFN2O. The van der Waals surface area contributed by atoms with Gasteiger partial charge in [-0.25, -0.2) is 4.39 Å². The molecule has 1 fully saturated rings. The van der Waals surface area contributed by atoms with E-state index >= 15 is 0 Å². The molecule has 6 heteroatoms. The maximum atomic E-state index is 14.3. The van der Waals surface area contributed by atoms with Crippen LogP contribution in [-0.4, -0.2) is 37.8 Å². The van der Waals surface area contributed by atoms with Gasteiger partial charge in [0, 0.05) is 54.7 Å². The summed E-state index contributed by atoms with van der Waals surface area (Å²) in [5.41, 5.74) is 1.66. The Bertz CT molecular complexity index is 478. The quantitative estimate of drug-likeness (QED) is 0.644. The molecule has 1 aromatic rings. The number of carbonyl (C=O) groups is 1. The third-order valence-corrected chi connectivity index (χ3v) is 4.25. The summed E-state index contributed by atoms with van der Waals surface area (Å²) in [5.74, 6) is 0. The highest BCUT2D eigenvalue weighted by molar-refractivity contribution is 9.09. The Balaban J connectivity index is 2.30. The van der Waals surface area contributed by atoms with E-state index in [4.69, 9.17) is 11.6 Å². The van der Waals surface area contributed by atoms with E-state index in [0.717, 1.165) is 38.2 Å². The van der Waals surface area contributed by atoms with Crippen LogP contribution in [0.2, 0.25) is 0 Å². The number of anilines is 1. The standard InChI is InChI=1S/C14H17BrClFN2O/c15-4-3-14(16,17)12-1-2-13(11(9-12)10-20)19-7-5-18-6-8-19/h1-2,9-10,18H,3-8H2. The SMILES string of the molecule is O=Cc1cc(C(F)(Cl)CCBr)ccc1N1CCNCC1. The number of halogens is 3. The minimum Gasteiger partial charge on any atom is -0.368 e. The molecule has 0 aliphatic carbocycles. The van der Waals surface area contributed by atoms with Gasteiger partial charge in [-0.15, -0.1) is 0 Å². The second kappa shape index (κ2) is 6.87. The maximum Gasteiger partial charge on any atom is 0.209 e. The van der Waals surface area contributed by atoms with Crippen LogP contribution < -0.4 is 10.2 Å². The van der Waals surface area contributed by atoms with Crippen LogP contribution in [-0.2, 0) is 5.13 Å². The van der Waals surface area contributed by atoms with Crippen LogP contribution in [0.3, 0.4) is 0 Å². The van der Waals surface area contributed by atoms with Crippen molar-refractivity contribution < 1.29 is 9.18 Å². The second-order valence-corrected chi connectivity index (χ2v) is 6.16. The van der Waals surface area contributed by atoms with Gasteiger partial charge in [-0.2, -0.15) is 0 Å². The molecule has 1 unspecified atom stereocenters. The number of nitrogens with one attached hydrogen (secondary N) is 1. The van der Waals surface area contributed by atoms with Crippen LogP contribution in [0.4, 0.5) is 10.1 Å². The van der Waals surface area contributed by atoms with Gasteiger partial charge >= 0.3 is 0 Å². The zero-order valence-corrected chi connectivity index (χ0v) is 13.4. The number of hydrogen-bond donors (Lipinski definition) is 1. The molecular weight excluding hydrogens is 347 g/mol. The summed E-state index contributed by atoms with van der Waals surface area (Å²) >= 11 is 9.08. The highest BCUT2D eigenvalue weighted by Gasteiger charge is 2.29. The van der Waals surface area contributed by atoms with Gasteiger partial charge in [0.2, 0.25) is 5.13 Å². The molecule has 1 heterocycles. The Kier molecular flexibility index (Phi) is 5.41. The lowest BCUT2D eigenvalue weighted by molar-refractivity contribution is 0.112. The summed E-state index contributed by atoms with van der Waals surface area (Å²) in [6.45, 7) is 3.44. The number of alkyl halides is 3. The number of nitrogens with zero attached hydrogens (tertiary/aromatic N) is 1. The molecule has 1 atom stereocenters. The molecule has 0 spiro atoms. The van der Waals surface area contributed by atoms with Gasteiger partial charge in [0.1, 0.15) is 0 Å². The molecule has 1 aliphatic rings. The number of hydrogen-bond acceptors (Lipinski definition) is 3. The molecule has 0 saturated carbocycles. The number of benzene rings is 1. The molecule has 1 aliphatic heterocycles. The third-order valence-electron chi connectivity index (χ3n) is 3.44. The van der Waals surface area contributed by atoms with Crippen molar-refractivity contribution in [1.29, 1.82) is 0 Å². The molecule has 0 aromatic heterocycles. The average Bonchev–Trinajstić information content (AvgIpc) is 2.47. The van der Waals surface area contributed by atoms with Crippen molar-refractivity contribution in [3.05, 3.63) is 29.3 Å². The summed E-state index contributed by atoms with van der Waals surface area (Å²) in [4.78, 5) is 13.4. The van der Waals surface area contributed by atoms with E-state index in [9.17, 15) is 9.18 Å². The summed E-state index contributed by atoms with van der Waals surface area (Å²) in [6.07, 6.45) is 0.918. The first kappa shape index (κ1) is 15.7. The van der Waals surface area contributed by atoms with Gasteiger partial charge in [-0.3, -0.25) is 4.79 Å². The van der Waals surface area contributed by atoms with E-state index in [0.29, 0.717) is 16.5 Å². The predicted octanol–water partition coefficient (Wildman–Crippen LogP) is 3.05. The third kappa shape index (κ3) is 3.51. The van der Waals surface area contributed by atoms with Crippen LogP contribution in [0.1, 0.15) is 22.3 Å². The van der Waals surface area contributed by atoms with Crippen LogP contribution in [0.15, 0.2) is 18.2 Å². The largest absolute Gasteiger partial charge is 0.368 e. The van der Waals surface area contributed by atoms with Gasteiger partial charge in [-0.05, 0) is 12.1 Å². The molecule has 110 valence electrons. The fraction of sp³-hybridized carbons (Fsp3) is 0.500. The lowest BCUT2D eigenvalue weighted by Crippen LogP contribution is -2.43. The van der Waals surface area contributed by atoms with Gasteiger partial charge < -0.3 is 10.2 Å². The molecule has 0 bridgehead atoms. The van der Waals surface area contributed by atoms with Crippen molar-refractivity contribution in [3.63, 3.8) is 0 Å². The first-order valence-corrected chi connectivity index (χ1v) is 8.07. The first-order chi connectivity index (χ1) is 9.58. The number of piperazine rings is 1. The van der Waals surface area contributed by atoms with Crippen LogP contribution in [0.5, 0.6) is 0 Å². The predicted molar refractivity (Wildman–Crippen MR) is 84.0 cm³/mol. The van der Waals surface area contributed by atoms with Crippen molar-refractivity contribution in [1.82, 2.24) is 5.32 Å². The van der Waals surface area contributed by atoms with E-state index in [1.54, 1.807) is 18.2 Å². The minimum atomic E-state index is -1.94. The van der Waals surface area contributed by atoms with Crippen LogP contribution >= 0.6 is 27.5 Å². The zero-order valence-electron chi connectivity index (χ0n) is 11.0. The Morgan fingerprint density at radius 2 is 2.15 bits per heavy atom. The van der Waals surface area contributed by atoms with E-state index in [1.165, 1.54) is 0 Å². The monoisotopic (exact) mass is 362 g/mol. The van der Waals surface area contributed by atoms with Gasteiger partial charge in [-0.1, -0.05) is 33.6 Å². The van der Waals surface area contributed by atoms with Gasteiger partial charge in [0.15, 0.2) is 6.29 Å². The topological polar surface area (TPSA) is 32.3 Å². The Labute approximate surface area is 131 Å². The van der Waals surface area contributed by atoms with E-state index in [2.05, 4.69) is 26.1 Å². The highest BCUT2D eigenvalue weighted by Crippen LogP contribution is 2.37. The summed E-state index contributed by atoms with van der Waals surface area (Å²) < 4.78 is 14.3. The lowest BCUT2D eigenvalue weighted by Gasteiger charge is -2.31. The number of carbonyl (C=O) groups excluding carboxylic acids is 1. The molecule has 1 aromatic carbocycles. The van der Waals surface area contributed by atoms with Crippen molar-refractivity contribution in [3.8, 4) is 0 Å². The molecule has 2 rings (SSSR count). The lowest BCUT2D eigenvalue weighted by atomic mass is 10.0. The maximum absolute atomic E-state index is 14.3. The molecule has 3 nitrogen and oxygen atoms in total. The fourth-order valence-corrected chi connectivity index (χ4v) is 3.32. The zero-order chi connectivity index (χ0) is 14.6. The fourth-order valence-electron chi connectivity index (χ4n) is 2.33. The summed E-state index contributed by atoms with van der Waals surface area (Å²) in [6, 6.07) is 5.01. The normalized spacial score (nSPS) is 18.6. The minimum absolute atomic E-state index is 0.153. The molecule has 20 heavy (non-hydrogen) atoms. The van der Waals surface area contributed by atoms with Crippen molar-refractivity contribution in [2.24, 2.45) is 0 Å². The average molecular weight is 364 g/mol. The Morgan fingerprint density at radius 3 is 2.75 bits per heavy atom. The highest BCUT2D eigenvalue weighted by atomic mass is 79.9.